The Balaban J connectivity index is 1.26. The molecule has 0 radical (unpaired) electrons. The van der Waals surface area contributed by atoms with Gasteiger partial charge in [-0.1, -0.05) is 95.4 Å². The van der Waals surface area contributed by atoms with E-state index in [1.54, 1.807) is 30.3 Å². The monoisotopic (exact) mass is 681 g/mol. The quantitative estimate of drug-likeness (QED) is 0.0549. The molecule has 4 aromatic carbocycles. The average molecular weight is 682 g/mol. The zero-order chi connectivity index (χ0) is 32.5. The fraction of sp³-hybridized carbons (Fsp3) is 0.167. The number of fused-ring (bicyclic) bond motifs is 1. The highest BCUT2D eigenvalue weighted by atomic mass is 35.5. The number of aliphatic hydroxyl groups is 1. The third-order valence-electron chi connectivity index (χ3n) is 7.95. The van der Waals surface area contributed by atoms with E-state index in [2.05, 4.69) is 10.2 Å². The van der Waals surface area contributed by atoms with Crippen LogP contribution < -0.4 is 14.4 Å². The molecule has 2 aliphatic heterocycles. The van der Waals surface area contributed by atoms with E-state index < -0.39 is 17.7 Å². The molecular formula is C36H28ClN3O5S2. The fourth-order valence-corrected chi connectivity index (χ4v) is 7.85. The molecule has 0 aliphatic carbocycles. The Labute approximate surface area is 284 Å². The molecule has 2 aliphatic rings. The van der Waals surface area contributed by atoms with Crippen LogP contribution >= 0.6 is 34.7 Å². The minimum atomic E-state index is -0.979. The number of ether oxygens (including phenoxy) is 2. The number of aliphatic hydroxyl groups excluding tert-OH is 1. The topological polar surface area (TPSA) is 102 Å². The van der Waals surface area contributed by atoms with Crippen molar-refractivity contribution in [2.45, 2.75) is 42.2 Å². The second-order valence-corrected chi connectivity index (χ2v) is 13.8. The molecule has 11 heteroatoms. The Hall–Kier alpha value is -4.64. The van der Waals surface area contributed by atoms with Crippen molar-refractivity contribution in [1.29, 1.82) is 0 Å². The van der Waals surface area contributed by atoms with Crippen molar-refractivity contribution in [3.63, 3.8) is 0 Å². The smallest absolute Gasteiger partial charge is 0.301 e. The van der Waals surface area contributed by atoms with Crippen LogP contribution in [0.4, 0.5) is 5.13 Å². The Bertz CT molecular complexity index is 2010. The summed E-state index contributed by atoms with van der Waals surface area (Å²) < 4.78 is 12.5. The van der Waals surface area contributed by atoms with Crippen molar-refractivity contribution < 1.29 is 24.2 Å². The van der Waals surface area contributed by atoms with E-state index in [1.165, 1.54) is 28.0 Å². The number of aromatic nitrogens is 2. The van der Waals surface area contributed by atoms with Gasteiger partial charge in [0, 0.05) is 22.8 Å². The van der Waals surface area contributed by atoms with Gasteiger partial charge in [-0.25, -0.2) is 0 Å². The lowest BCUT2D eigenvalue weighted by atomic mass is 9.94. The number of benzene rings is 4. The van der Waals surface area contributed by atoms with Gasteiger partial charge < -0.3 is 14.6 Å². The lowest BCUT2D eigenvalue weighted by molar-refractivity contribution is -0.132. The van der Waals surface area contributed by atoms with Crippen LogP contribution in [-0.2, 0) is 28.4 Å². The largest absolute Gasteiger partial charge is 0.507 e. The summed E-state index contributed by atoms with van der Waals surface area (Å²) in [6.45, 7) is 2.31. The van der Waals surface area contributed by atoms with Gasteiger partial charge in [-0.3, -0.25) is 14.5 Å². The summed E-state index contributed by atoms with van der Waals surface area (Å²) in [5, 5.41) is 21.3. The zero-order valence-corrected chi connectivity index (χ0v) is 27.5. The van der Waals surface area contributed by atoms with E-state index in [9.17, 15) is 14.7 Å². The van der Waals surface area contributed by atoms with Crippen molar-refractivity contribution in [1.82, 2.24) is 10.2 Å². The maximum atomic E-state index is 13.8. The Morgan fingerprint density at radius 2 is 1.83 bits per heavy atom. The molecule has 0 unspecified atom stereocenters. The number of ketones is 1. The number of hydrogen-bond donors (Lipinski definition) is 1. The summed E-state index contributed by atoms with van der Waals surface area (Å²) in [6, 6.07) is 28.8. The number of carbonyl (C=O) groups excluding carboxylic acids is 2. The van der Waals surface area contributed by atoms with Gasteiger partial charge in [0.15, 0.2) is 4.34 Å². The molecule has 1 aromatic heterocycles. The van der Waals surface area contributed by atoms with Crippen LogP contribution in [0.5, 0.6) is 11.5 Å². The molecule has 1 amide bonds. The van der Waals surface area contributed by atoms with Crippen molar-refractivity contribution in [3.05, 3.63) is 135 Å². The number of rotatable bonds is 9. The summed E-state index contributed by atoms with van der Waals surface area (Å²) in [5.41, 5.74) is 3.83. The van der Waals surface area contributed by atoms with Gasteiger partial charge in [0.05, 0.1) is 11.6 Å². The number of nitrogens with zero attached hydrogens (tertiary/aromatic N) is 3. The molecule has 0 bridgehead atoms. The van der Waals surface area contributed by atoms with Crippen LogP contribution in [0.2, 0.25) is 5.02 Å². The Morgan fingerprint density at radius 1 is 1.02 bits per heavy atom. The van der Waals surface area contributed by atoms with E-state index >= 15 is 0 Å². The first kappa shape index (κ1) is 31.0. The fourth-order valence-electron chi connectivity index (χ4n) is 5.70. The molecule has 1 fully saturated rings. The predicted molar refractivity (Wildman–Crippen MR) is 183 cm³/mol. The SMILES string of the molecule is C[C@H]1Cc2cc(/C(O)=C3\C(=O)C(=O)N(c4nnc(SCc5ccccc5Cl)s4)[C@@H]3c3cccc(OCc4ccccc4)c3)ccc2O1. The molecule has 1 N–H and O–H groups in total. The summed E-state index contributed by atoms with van der Waals surface area (Å²) in [7, 11) is 0. The van der Waals surface area contributed by atoms with Gasteiger partial charge in [-0.2, -0.15) is 0 Å². The zero-order valence-electron chi connectivity index (χ0n) is 25.1. The van der Waals surface area contributed by atoms with Crippen molar-refractivity contribution in [2.24, 2.45) is 0 Å². The van der Waals surface area contributed by atoms with E-state index in [0.29, 0.717) is 45.0 Å². The first-order chi connectivity index (χ1) is 22.9. The molecule has 1 saturated heterocycles. The Kier molecular flexibility index (Phi) is 8.72. The third-order valence-corrected chi connectivity index (χ3v) is 10.4. The number of carbonyl (C=O) groups is 2. The van der Waals surface area contributed by atoms with Gasteiger partial charge in [0.1, 0.15) is 30.0 Å². The summed E-state index contributed by atoms with van der Waals surface area (Å²) in [6.07, 6.45) is 0.683. The molecule has 2 atom stereocenters. The van der Waals surface area contributed by atoms with E-state index in [-0.39, 0.29) is 22.6 Å². The second kappa shape index (κ2) is 13.2. The molecule has 3 heterocycles. The van der Waals surface area contributed by atoms with Gasteiger partial charge >= 0.3 is 5.91 Å². The van der Waals surface area contributed by atoms with Crippen molar-refractivity contribution in [2.75, 3.05) is 4.90 Å². The molecule has 0 spiro atoms. The molecular weight excluding hydrogens is 654 g/mol. The number of hydrogen-bond acceptors (Lipinski definition) is 9. The second-order valence-electron chi connectivity index (χ2n) is 11.2. The summed E-state index contributed by atoms with van der Waals surface area (Å²) >= 11 is 8.97. The molecule has 7 rings (SSSR count). The maximum absolute atomic E-state index is 13.8. The number of thioether (sulfide) groups is 1. The van der Waals surface area contributed by atoms with Gasteiger partial charge in [0.25, 0.3) is 5.78 Å². The minimum Gasteiger partial charge on any atom is -0.507 e. The van der Waals surface area contributed by atoms with Crippen LogP contribution in [0.1, 0.15) is 40.8 Å². The first-order valence-electron chi connectivity index (χ1n) is 14.9. The highest BCUT2D eigenvalue weighted by molar-refractivity contribution is 8.00. The number of anilines is 1. The average Bonchev–Trinajstić information content (AvgIpc) is 3.78. The normalized spacial score (nSPS) is 18.3. The standard InChI is InChI=1S/C36H28ClN3O5S2/c1-21-16-26-17-24(14-15-29(26)45-21)32(41)30-31(23-11-7-12-27(18-23)44-19-22-8-3-2-4-9-22)40(34(43)33(30)42)35-38-39-36(47-35)46-20-25-10-5-6-13-28(25)37/h2-15,17-18,21,31,41H,16,19-20H2,1H3/b32-30+/t21-,31+/m0/s1. The minimum absolute atomic E-state index is 0.00832. The summed E-state index contributed by atoms with van der Waals surface area (Å²) in [4.78, 5) is 28.9. The van der Waals surface area contributed by atoms with E-state index in [0.717, 1.165) is 22.4 Å². The number of Topliss-reactive ketones (excluding diaryl/α,β-unsaturated/α-hetero) is 1. The number of amides is 1. The van der Waals surface area contributed by atoms with Crippen LogP contribution in [0.3, 0.4) is 0 Å². The molecule has 5 aromatic rings. The number of halogens is 1. The predicted octanol–water partition coefficient (Wildman–Crippen LogP) is 8.01. The highest BCUT2D eigenvalue weighted by Gasteiger charge is 2.48. The lowest BCUT2D eigenvalue weighted by Crippen LogP contribution is -2.29. The van der Waals surface area contributed by atoms with Crippen molar-refractivity contribution in [3.8, 4) is 11.5 Å². The third kappa shape index (κ3) is 6.36. The highest BCUT2D eigenvalue weighted by Crippen LogP contribution is 2.45. The van der Waals surface area contributed by atoms with E-state index in [1.807, 2.05) is 73.7 Å². The van der Waals surface area contributed by atoms with E-state index in [4.69, 9.17) is 21.1 Å². The van der Waals surface area contributed by atoms with Crippen LogP contribution in [0, 0.1) is 0 Å². The van der Waals surface area contributed by atoms with Gasteiger partial charge in [0.2, 0.25) is 5.13 Å². The van der Waals surface area contributed by atoms with Crippen LogP contribution in [0.25, 0.3) is 5.76 Å². The van der Waals surface area contributed by atoms with Crippen LogP contribution in [-0.4, -0.2) is 33.1 Å². The molecule has 8 nitrogen and oxygen atoms in total. The maximum Gasteiger partial charge on any atom is 0.301 e. The lowest BCUT2D eigenvalue weighted by Gasteiger charge is -2.23. The van der Waals surface area contributed by atoms with Gasteiger partial charge in [-0.05, 0) is 65.6 Å². The first-order valence-corrected chi connectivity index (χ1v) is 17.1. The molecule has 236 valence electrons. The van der Waals surface area contributed by atoms with Crippen LogP contribution in [0.15, 0.2) is 107 Å². The van der Waals surface area contributed by atoms with Crippen molar-refractivity contribution >= 4 is 57.3 Å². The van der Waals surface area contributed by atoms with Gasteiger partial charge in [-0.15, -0.1) is 10.2 Å². The molecule has 0 saturated carbocycles. The Morgan fingerprint density at radius 3 is 2.66 bits per heavy atom. The summed E-state index contributed by atoms with van der Waals surface area (Å²) in [5.74, 6) is -0.0406. The molecule has 47 heavy (non-hydrogen) atoms.